The Labute approximate surface area is 298 Å². The van der Waals surface area contributed by atoms with Gasteiger partial charge in [0.15, 0.2) is 0 Å². The quantitative estimate of drug-likeness (QED) is 0.165. The van der Waals surface area contributed by atoms with Crippen LogP contribution in [0.1, 0.15) is 81.1 Å². The molecule has 4 N–H and O–H groups in total. The van der Waals surface area contributed by atoms with E-state index in [1.54, 1.807) is 0 Å². The van der Waals surface area contributed by atoms with E-state index in [2.05, 4.69) is 41.7 Å². The van der Waals surface area contributed by atoms with Gasteiger partial charge in [0.25, 0.3) is 16.1 Å². The summed E-state index contributed by atoms with van der Waals surface area (Å²) in [5, 5.41) is 11.2. The van der Waals surface area contributed by atoms with Crippen LogP contribution in [0.25, 0.3) is 0 Å². The molecule has 2 unspecified atom stereocenters. The second-order valence-electron chi connectivity index (χ2n) is 17.4. The fraction of sp³-hybridized carbons (Fsp3) is 0.800. The van der Waals surface area contributed by atoms with Crippen LogP contribution >= 0.6 is 0 Å². The molecule has 0 aromatic heterocycles. The molecule has 50 heavy (non-hydrogen) atoms. The number of carbonyl (C=O) groups is 5. The number of nitrogens with zero attached hydrogens (tertiary/aromatic N) is 3. The van der Waals surface area contributed by atoms with E-state index in [9.17, 15) is 32.4 Å². The van der Waals surface area contributed by atoms with Gasteiger partial charge in [0, 0.05) is 45.8 Å². The third-order valence-corrected chi connectivity index (χ3v) is 13.3. The van der Waals surface area contributed by atoms with Crippen molar-refractivity contribution in [2.24, 2.45) is 34.0 Å². The minimum Gasteiger partial charge on any atom is -0.346 e. The number of nitrogens with one attached hydrogen (secondary N) is 4. The zero-order valence-electron chi connectivity index (χ0n) is 31.3. The summed E-state index contributed by atoms with van der Waals surface area (Å²) in [6.07, 6.45) is 4.69. The Morgan fingerprint density at radius 2 is 1.60 bits per heavy atom. The summed E-state index contributed by atoms with van der Waals surface area (Å²) in [6.45, 7) is 20.1. The van der Waals surface area contributed by atoms with Gasteiger partial charge in [-0.25, -0.2) is 4.79 Å². The highest BCUT2D eigenvalue weighted by Gasteiger charge is 2.70. The van der Waals surface area contributed by atoms with Crippen LogP contribution in [-0.4, -0.2) is 115 Å². The molecular formula is C35H59N7O7S. The molecule has 2 heterocycles. The number of urea groups is 1. The second kappa shape index (κ2) is 14.5. The molecule has 282 valence electrons. The van der Waals surface area contributed by atoms with Crippen LogP contribution in [0.3, 0.4) is 0 Å². The molecule has 4 fully saturated rings. The SMILES string of the molecule is C=CCNC(=O)C(=O)C(CC1CCC1)NC(=O)[C@@H]1[C@@H]2C(CN1C(=O)[C@@H](NC(=O)N[C@H](CN1CCN(C)S1(=O)=O)C(C)(C)C)C(C)(C)C)C2(C)C. The fourth-order valence-corrected chi connectivity index (χ4v) is 8.88. The largest absolute Gasteiger partial charge is 0.346 e. The molecule has 2 saturated carbocycles. The lowest BCUT2D eigenvalue weighted by Gasteiger charge is -2.39. The van der Waals surface area contributed by atoms with Crippen molar-refractivity contribution < 1.29 is 32.4 Å². The number of fused-ring (bicyclic) bond motifs is 1. The lowest BCUT2D eigenvalue weighted by molar-refractivity contribution is -0.145. The number of likely N-dealkylation sites (tertiary alicyclic amines) is 1. The van der Waals surface area contributed by atoms with Crippen molar-refractivity contribution in [2.45, 2.75) is 105 Å². The summed E-state index contributed by atoms with van der Waals surface area (Å²) < 4.78 is 28.2. The minimum atomic E-state index is -3.63. The maximum absolute atomic E-state index is 14.5. The maximum Gasteiger partial charge on any atom is 0.315 e. The van der Waals surface area contributed by atoms with Crippen LogP contribution in [0.5, 0.6) is 0 Å². The first kappa shape index (κ1) is 39.7. The molecule has 2 saturated heterocycles. The molecule has 2 aliphatic heterocycles. The molecule has 4 rings (SSSR count). The fourth-order valence-electron chi connectivity index (χ4n) is 7.52. The van der Waals surface area contributed by atoms with E-state index >= 15 is 0 Å². The van der Waals surface area contributed by atoms with Crippen molar-refractivity contribution in [3.05, 3.63) is 12.7 Å². The Morgan fingerprint density at radius 1 is 0.960 bits per heavy atom. The number of carbonyl (C=O) groups excluding carboxylic acids is 5. The van der Waals surface area contributed by atoms with Gasteiger partial charge < -0.3 is 26.2 Å². The van der Waals surface area contributed by atoms with Crippen LogP contribution in [0.2, 0.25) is 0 Å². The molecule has 0 aromatic carbocycles. The molecule has 0 spiro atoms. The van der Waals surface area contributed by atoms with E-state index in [0.29, 0.717) is 26.1 Å². The van der Waals surface area contributed by atoms with Gasteiger partial charge in [0.1, 0.15) is 12.1 Å². The molecule has 0 radical (unpaired) electrons. The van der Waals surface area contributed by atoms with Crippen molar-refractivity contribution in [2.75, 3.05) is 39.8 Å². The zero-order chi connectivity index (χ0) is 37.6. The van der Waals surface area contributed by atoms with Crippen molar-refractivity contribution >= 4 is 39.7 Å². The molecule has 6 atom stereocenters. The van der Waals surface area contributed by atoms with E-state index in [0.717, 1.165) is 19.3 Å². The lowest BCUT2D eigenvalue weighted by Crippen LogP contribution is -2.63. The van der Waals surface area contributed by atoms with Gasteiger partial charge >= 0.3 is 6.03 Å². The van der Waals surface area contributed by atoms with Gasteiger partial charge in [0.2, 0.25) is 17.6 Å². The highest BCUT2D eigenvalue weighted by molar-refractivity contribution is 7.87. The minimum absolute atomic E-state index is 0.0548. The normalized spacial score (nSPS) is 26.5. The number of likely N-dealkylation sites (N-methyl/N-ethyl adjacent to an activating group) is 1. The molecule has 0 aromatic rings. The Kier molecular flexibility index (Phi) is 11.5. The number of Topliss-reactive ketones (excluding diaryl/α,β-unsaturated/α-hetero) is 1. The summed E-state index contributed by atoms with van der Waals surface area (Å²) >= 11 is 0. The summed E-state index contributed by atoms with van der Waals surface area (Å²) in [5.74, 6) is -2.28. The number of rotatable bonds is 13. The van der Waals surface area contributed by atoms with Gasteiger partial charge in [0.05, 0.1) is 6.04 Å². The molecule has 2 aliphatic carbocycles. The molecular weight excluding hydrogens is 662 g/mol. The monoisotopic (exact) mass is 721 g/mol. The van der Waals surface area contributed by atoms with Gasteiger partial charge in [-0.2, -0.15) is 17.0 Å². The van der Waals surface area contributed by atoms with Gasteiger partial charge in [-0.1, -0.05) is 80.7 Å². The average molecular weight is 722 g/mol. The topological polar surface area (TPSA) is 177 Å². The number of amides is 5. The number of hydrogen-bond donors (Lipinski definition) is 4. The van der Waals surface area contributed by atoms with Crippen molar-refractivity contribution in [1.82, 2.24) is 34.8 Å². The first-order valence-corrected chi connectivity index (χ1v) is 19.2. The Bertz CT molecular complexity index is 1460. The summed E-state index contributed by atoms with van der Waals surface area (Å²) in [5.41, 5.74) is -1.49. The third-order valence-electron chi connectivity index (χ3n) is 11.3. The standard InChI is InChI=1S/C35H59N7O7S/c1-11-15-36-30(45)27(43)23(18-21-13-12-14-21)37-29(44)26-25-22(35(25,8)9)19-42(26)31(46)28(34(5,6)7)39-32(47)38-24(33(2,3)4)20-41-17-16-40(10)50(41,48)49/h11,21-26,28H,1,12-20H2,2-10H3,(H,36,45)(H,37,44)(H2,38,39,47)/t22?,23?,24-,25+,26+,28-/m1/s1. The number of ketones is 1. The maximum atomic E-state index is 14.5. The summed E-state index contributed by atoms with van der Waals surface area (Å²) in [6, 6.07) is -4.13. The first-order valence-electron chi connectivity index (χ1n) is 17.8. The zero-order valence-corrected chi connectivity index (χ0v) is 32.1. The lowest BCUT2D eigenvalue weighted by atomic mass is 9.80. The van der Waals surface area contributed by atoms with Gasteiger partial charge in [-0.3, -0.25) is 19.2 Å². The van der Waals surface area contributed by atoms with Crippen LogP contribution in [0.15, 0.2) is 12.7 Å². The molecule has 5 amide bonds. The Morgan fingerprint density at radius 3 is 2.10 bits per heavy atom. The van der Waals surface area contributed by atoms with Crippen LogP contribution < -0.4 is 21.3 Å². The average Bonchev–Trinajstić information content (AvgIpc) is 3.24. The molecule has 14 nitrogen and oxygen atoms in total. The van der Waals surface area contributed by atoms with E-state index in [1.807, 2.05) is 41.5 Å². The van der Waals surface area contributed by atoms with Crippen LogP contribution in [0.4, 0.5) is 4.79 Å². The second-order valence-corrected chi connectivity index (χ2v) is 19.4. The van der Waals surface area contributed by atoms with E-state index in [1.165, 1.54) is 26.6 Å². The van der Waals surface area contributed by atoms with Crippen molar-refractivity contribution in [3.63, 3.8) is 0 Å². The summed E-state index contributed by atoms with van der Waals surface area (Å²) in [4.78, 5) is 69.7. The Hall–Kier alpha value is -3.04. The molecule has 0 bridgehead atoms. The van der Waals surface area contributed by atoms with Gasteiger partial charge in [-0.05, 0) is 40.4 Å². The predicted molar refractivity (Wildman–Crippen MR) is 190 cm³/mol. The van der Waals surface area contributed by atoms with Crippen LogP contribution in [0, 0.1) is 34.0 Å². The molecule has 4 aliphatic rings. The first-order chi connectivity index (χ1) is 23.0. The summed E-state index contributed by atoms with van der Waals surface area (Å²) in [7, 11) is -2.11. The number of piperidine rings is 1. The highest BCUT2D eigenvalue weighted by Crippen LogP contribution is 2.65. The number of hydrogen-bond acceptors (Lipinski definition) is 7. The van der Waals surface area contributed by atoms with E-state index in [4.69, 9.17) is 0 Å². The van der Waals surface area contributed by atoms with Gasteiger partial charge in [-0.15, -0.1) is 6.58 Å². The molecule has 15 heteroatoms. The van der Waals surface area contributed by atoms with E-state index < -0.39 is 74.7 Å². The Balaban J connectivity index is 1.53. The predicted octanol–water partition coefficient (Wildman–Crippen LogP) is 1.64. The van der Waals surface area contributed by atoms with Crippen LogP contribution in [-0.2, 0) is 29.4 Å². The highest BCUT2D eigenvalue weighted by atomic mass is 32.2. The van der Waals surface area contributed by atoms with Crippen molar-refractivity contribution in [3.8, 4) is 0 Å². The smallest absolute Gasteiger partial charge is 0.315 e. The third kappa shape index (κ3) is 8.36. The van der Waals surface area contributed by atoms with Crippen molar-refractivity contribution in [1.29, 1.82) is 0 Å². The van der Waals surface area contributed by atoms with E-state index in [-0.39, 0.29) is 36.3 Å².